The van der Waals surface area contributed by atoms with Gasteiger partial charge in [0.05, 0.1) is 25.4 Å². The van der Waals surface area contributed by atoms with Crippen LogP contribution < -0.4 is 0 Å². The molecule has 5 nitrogen and oxygen atoms in total. The number of aliphatic hydroxyl groups excluding tert-OH is 2. The number of aliphatic hydroxyl groups is 2. The molecule has 6 rings (SSSR count). The van der Waals surface area contributed by atoms with Crippen molar-refractivity contribution in [2.45, 2.75) is 43.1 Å². The summed E-state index contributed by atoms with van der Waals surface area (Å²) < 4.78 is 13.7. The highest BCUT2D eigenvalue weighted by atomic mass is 16.5. The summed E-state index contributed by atoms with van der Waals surface area (Å²) in [5.74, 6) is 0. The minimum absolute atomic E-state index is 0.245. The highest BCUT2D eigenvalue weighted by Crippen LogP contribution is 2.41. The third kappa shape index (κ3) is 6.53. The first-order valence-corrected chi connectivity index (χ1v) is 15.3. The molecule has 0 unspecified atom stereocenters. The topological polar surface area (TPSA) is 62.2 Å². The summed E-state index contributed by atoms with van der Waals surface area (Å²) in [7, 11) is 0. The van der Waals surface area contributed by atoms with E-state index in [1.54, 1.807) is 0 Å². The van der Waals surface area contributed by atoms with E-state index in [0.29, 0.717) is 19.7 Å². The molecule has 1 heterocycles. The highest BCUT2D eigenvalue weighted by Gasteiger charge is 2.46. The smallest absolute Gasteiger partial charge is 0.143 e. The lowest BCUT2D eigenvalue weighted by molar-refractivity contribution is -0.182. The molecule has 1 aliphatic heterocycles. The van der Waals surface area contributed by atoms with Crippen molar-refractivity contribution in [3.05, 3.63) is 179 Å². The van der Waals surface area contributed by atoms with Gasteiger partial charge >= 0.3 is 0 Å². The number of nitrogens with zero attached hydrogens (tertiary/aromatic N) is 1. The van der Waals surface area contributed by atoms with Gasteiger partial charge < -0.3 is 19.7 Å². The van der Waals surface area contributed by atoms with E-state index in [9.17, 15) is 10.2 Å². The van der Waals surface area contributed by atoms with Gasteiger partial charge in [-0.15, -0.1) is 0 Å². The zero-order chi connectivity index (χ0) is 30.2. The van der Waals surface area contributed by atoms with Gasteiger partial charge in [-0.05, 0) is 27.8 Å². The normalized spacial score (nSPS) is 20.8. The second kappa shape index (κ2) is 14.1. The minimum atomic E-state index is -1.07. The van der Waals surface area contributed by atoms with Gasteiger partial charge in [0.1, 0.15) is 17.8 Å². The maximum absolute atomic E-state index is 11.4. The summed E-state index contributed by atoms with van der Waals surface area (Å²) in [5.41, 5.74) is 4.21. The molecular formula is C39H39NO4. The van der Waals surface area contributed by atoms with Crippen LogP contribution >= 0.6 is 0 Å². The van der Waals surface area contributed by atoms with Crippen LogP contribution in [0.2, 0.25) is 0 Å². The van der Waals surface area contributed by atoms with E-state index < -0.39 is 23.9 Å². The average Bonchev–Trinajstić information content (AvgIpc) is 3.09. The Balaban J connectivity index is 1.41. The number of benzene rings is 5. The first-order chi connectivity index (χ1) is 21.6. The standard InChI is InChI=1S/C39H39NO4/c41-36-27-40(26-30-16-6-1-7-17-30)35(38(37(36)42)43-28-31-18-8-2-9-19-31)29-44-39(32-20-10-3-11-21-32,33-22-12-4-13-23-33)34-24-14-5-15-25-34/h1-25,35-38,41-42H,26-29H2/t35-,36-,37-,38-/m1/s1. The van der Waals surface area contributed by atoms with Crippen LogP contribution in [0, 0.1) is 0 Å². The fraction of sp³-hybridized carbons (Fsp3) is 0.231. The van der Waals surface area contributed by atoms with Crippen molar-refractivity contribution in [1.29, 1.82) is 0 Å². The zero-order valence-corrected chi connectivity index (χ0v) is 24.7. The first-order valence-electron chi connectivity index (χ1n) is 15.3. The van der Waals surface area contributed by atoms with Gasteiger partial charge in [0, 0.05) is 13.1 Å². The maximum Gasteiger partial charge on any atom is 0.143 e. The Bertz CT molecular complexity index is 1450. The molecule has 0 bridgehead atoms. The van der Waals surface area contributed by atoms with E-state index >= 15 is 0 Å². The molecule has 2 N–H and O–H groups in total. The van der Waals surface area contributed by atoms with E-state index in [1.807, 2.05) is 103 Å². The molecule has 0 aliphatic carbocycles. The Morgan fingerprint density at radius 1 is 0.591 bits per heavy atom. The van der Waals surface area contributed by atoms with Gasteiger partial charge in [-0.2, -0.15) is 0 Å². The summed E-state index contributed by atoms with van der Waals surface area (Å²) in [6.07, 6.45) is -2.72. The molecule has 4 atom stereocenters. The second-order valence-corrected chi connectivity index (χ2v) is 11.4. The summed E-state index contributed by atoms with van der Waals surface area (Å²) in [5, 5.41) is 22.5. The number of piperidine rings is 1. The van der Waals surface area contributed by atoms with Crippen LogP contribution in [0.15, 0.2) is 152 Å². The monoisotopic (exact) mass is 585 g/mol. The zero-order valence-electron chi connectivity index (χ0n) is 24.7. The summed E-state index contributed by atoms with van der Waals surface area (Å²) in [6, 6.07) is 50.6. The van der Waals surface area contributed by atoms with Gasteiger partial charge in [0.25, 0.3) is 0 Å². The molecular weight excluding hydrogens is 546 g/mol. The van der Waals surface area contributed by atoms with Gasteiger partial charge in [0.15, 0.2) is 0 Å². The fourth-order valence-electron chi connectivity index (χ4n) is 6.29. The number of ether oxygens (including phenoxy) is 2. The van der Waals surface area contributed by atoms with Gasteiger partial charge in [0.2, 0.25) is 0 Å². The Labute approximate surface area is 260 Å². The number of hydrogen-bond donors (Lipinski definition) is 2. The summed E-state index contributed by atoms with van der Waals surface area (Å²) >= 11 is 0. The van der Waals surface area contributed by atoms with Crippen molar-refractivity contribution in [1.82, 2.24) is 4.90 Å². The predicted octanol–water partition coefficient (Wildman–Crippen LogP) is 6.19. The van der Waals surface area contributed by atoms with E-state index in [0.717, 1.165) is 27.8 Å². The average molecular weight is 586 g/mol. The third-order valence-electron chi connectivity index (χ3n) is 8.53. The van der Waals surface area contributed by atoms with Crippen LogP contribution in [0.5, 0.6) is 0 Å². The lowest BCUT2D eigenvalue weighted by Crippen LogP contribution is -2.63. The van der Waals surface area contributed by atoms with Crippen LogP contribution in [-0.2, 0) is 28.2 Å². The van der Waals surface area contributed by atoms with Crippen LogP contribution in [0.25, 0.3) is 0 Å². The molecule has 0 saturated carbocycles. The van der Waals surface area contributed by atoms with Crippen molar-refractivity contribution < 1.29 is 19.7 Å². The van der Waals surface area contributed by atoms with Crippen LogP contribution in [0.3, 0.4) is 0 Å². The van der Waals surface area contributed by atoms with E-state index in [1.165, 1.54) is 0 Å². The Hall–Kier alpha value is -4.10. The number of β-amino-alcohol motifs (C(OH)–C–C–N with tert-alkyl or cyclic N) is 1. The molecule has 44 heavy (non-hydrogen) atoms. The van der Waals surface area contributed by atoms with Crippen LogP contribution in [0.1, 0.15) is 27.8 Å². The number of rotatable bonds is 11. The molecule has 5 aromatic carbocycles. The van der Waals surface area contributed by atoms with E-state index in [4.69, 9.17) is 9.47 Å². The molecule has 5 heteroatoms. The molecule has 1 fully saturated rings. The molecule has 5 aromatic rings. The third-order valence-corrected chi connectivity index (χ3v) is 8.53. The summed E-state index contributed by atoms with van der Waals surface area (Å²) in [4.78, 5) is 2.19. The predicted molar refractivity (Wildman–Crippen MR) is 173 cm³/mol. The molecule has 224 valence electrons. The molecule has 0 aromatic heterocycles. The van der Waals surface area contributed by atoms with Crippen molar-refractivity contribution in [3.8, 4) is 0 Å². The first kappa shape index (κ1) is 29.9. The molecule has 0 radical (unpaired) electrons. The maximum atomic E-state index is 11.4. The number of hydrogen-bond acceptors (Lipinski definition) is 5. The van der Waals surface area contributed by atoms with E-state index in [-0.39, 0.29) is 12.6 Å². The molecule has 0 spiro atoms. The van der Waals surface area contributed by atoms with Gasteiger partial charge in [-0.1, -0.05) is 152 Å². The fourth-order valence-corrected chi connectivity index (χ4v) is 6.29. The summed E-state index contributed by atoms with van der Waals surface area (Å²) in [6.45, 7) is 1.43. The Morgan fingerprint density at radius 3 is 1.50 bits per heavy atom. The second-order valence-electron chi connectivity index (χ2n) is 11.4. The lowest BCUT2D eigenvalue weighted by Gasteiger charge is -2.47. The van der Waals surface area contributed by atoms with Gasteiger partial charge in [-0.3, -0.25) is 4.90 Å². The molecule has 0 amide bonds. The van der Waals surface area contributed by atoms with Gasteiger partial charge in [-0.25, -0.2) is 0 Å². The Kier molecular flexibility index (Phi) is 9.61. The minimum Gasteiger partial charge on any atom is -0.389 e. The highest BCUT2D eigenvalue weighted by molar-refractivity contribution is 5.47. The van der Waals surface area contributed by atoms with Crippen molar-refractivity contribution >= 4 is 0 Å². The van der Waals surface area contributed by atoms with E-state index in [2.05, 4.69) is 53.4 Å². The lowest BCUT2D eigenvalue weighted by atomic mass is 9.80. The van der Waals surface area contributed by atoms with Crippen LogP contribution in [0.4, 0.5) is 0 Å². The van der Waals surface area contributed by atoms with Crippen LogP contribution in [-0.4, -0.2) is 52.6 Å². The SMILES string of the molecule is O[C@H]1[C@H](OCc2ccccc2)[C@@H](COC(c2ccccc2)(c2ccccc2)c2ccccc2)N(Cc2ccccc2)C[C@H]1O. The molecule has 1 aliphatic rings. The quantitative estimate of drug-likeness (QED) is 0.181. The van der Waals surface area contributed by atoms with Crippen molar-refractivity contribution in [2.24, 2.45) is 0 Å². The van der Waals surface area contributed by atoms with Crippen molar-refractivity contribution in [2.75, 3.05) is 13.2 Å². The largest absolute Gasteiger partial charge is 0.389 e. The van der Waals surface area contributed by atoms with Crippen molar-refractivity contribution in [3.63, 3.8) is 0 Å². The molecule has 1 saturated heterocycles. The Morgan fingerprint density at radius 2 is 1.02 bits per heavy atom. The number of likely N-dealkylation sites (tertiary alicyclic amines) is 1.